The van der Waals surface area contributed by atoms with Crippen LogP contribution >= 0.6 is 0 Å². The maximum absolute atomic E-state index is 12.3. The Hall–Kier alpha value is -0.511. The Morgan fingerprint density at radius 1 is 1.05 bits per heavy atom. The van der Waals surface area contributed by atoms with Crippen LogP contribution in [0.4, 0.5) is 0 Å². The van der Waals surface area contributed by atoms with Gasteiger partial charge < -0.3 is 0 Å². The second kappa shape index (κ2) is 11.1. The van der Waals surface area contributed by atoms with Crippen molar-refractivity contribution >= 4 is 24.2 Å². The van der Waals surface area contributed by atoms with E-state index in [0.717, 1.165) is 0 Å². The SMILES string of the molecule is CCC[CH2][Sn](/[CH]=C/C(=O)c1ccoc1)([CH2]CCC)[CH2]CCC. The summed E-state index contributed by atoms with van der Waals surface area (Å²) in [5.41, 5.74) is 0.679. The Morgan fingerprint density at radius 2 is 1.59 bits per heavy atom. The van der Waals surface area contributed by atoms with Crippen molar-refractivity contribution in [2.45, 2.75) is 72.6 Å². The zero-order valence-corrected chi connectivity index (χ0v) is 17.4. The van der Waals surface area contributed by atoms with Crippen LogP contribution in [-0.2, 0) is 0 Å². The van der Waals surface area contributed by atoms with E-state index in [1.54, 1.807) is 18.6 Å². The van der Waals surface area contributed by atoms with E-state index in [9.17, 15) is 4.79 Å². The van der Waals surface area contributed by atoms with Crippen LogP contribution in [0, 0.1) is 0 Å². The van der Waals surface area contributed by atoms with Gasteiger partial charge in [0.1, 0.15) is 0 Å². The molecule has 0 atom stereocenters. The van der Waals surface area contributed by atoms with Crippen LogP contribution < -0.4 is 0 Å². The summed E-state index contributed by atoms with van der Waals surface area (Å²) in [5, 5.41) is 0. The van der Waals surface area contributed by atoms with Crippen LogP contribution in [0.25, 0.3) is 0 Å². The third-order valence-corrected chi connectivity index (χ3v) is 18.5. The molecule has 2 nitrogen and oxygen atoms in total. The zero-order valence-electron chi connectivity index (χ0n) is 14.6. The first-order valence-electron chi connectivity index (χ1n) is 8.93. The van der Waals surface area contributed by atoms with E-state index in [4.69, 9.17) is 4.42 Å². The van der Waals surface area contributed by atoms with Crippen molar-refractivity contribution in [3.63, 3.8) is 0 Å². The van der Waals surface area contributed by atoms with Gasteiger partial charge in [-0.1, -0.05) is 0 Å². The molecule has 0 aliphatic heterocycles. The standard InChI is InChI=1S/C7H5O2.3C4H9.Sn/c1-2-7(8)6-3-4-9-5-6;3*1-3-4-2;/h1-5H;3*1,3-4H2,2H3;. The van der Waals surface area contributed by atoms with Crippen molar-refractivity contribution in [2.24, 2.45) is 0 Å². The number of rotatable bonds is 12. The number of unbranched alkanes of at least 4 members (excludes halogenated alkanes) is 3. The molecule has 3 heteroatoms. The third kappa shape index (κ3) is 6.72. The number of hydrogen-bond acceptors (Lipinski definition) is 2. The minimum atomic E-state index is -2.32. The van der Waals surface area contributed by atoms with Crippen LogP contribution in [0.2, 0.25) is 13.3 Å². The molecule has 0 unspecified atom stereocenters. The number of carbonyl (C=O) groups excluding carboxylic acids is 1. The van der Waals surface area contributed by atoms with E-state index in [1.165, 1.54) is 51.8 Å². The molecule has 0 bridgehead atoms. The monoisotopic (exact) mass is 412 g/mol. The average Bonchev–Trinajstić information content (AvgIpc) is 3.08. The summed E-state index contributed by atoms with van der Waals surface area (Å²) < 4.78 is 11.7. The molecule has 0 radical (unpaired) electrons. The van der Waals surface area contributed by atoms with Gasteiger partial charge in [0, 0.05) is 0 Å². The van der Waals surface area contributed by atoms with Gasteiger partial charge in [-0.15, -0.1) is 0 Å². The first-order chi connectivity index (χ1) is 10.7. The number of furan rings is 1. The fourth-order valence-corrected chi connectivity index (χ4v) is 17.0. The molecule has 0 aromatic carbocycles. The number of carbonyl (C=O) groups is 1. The predicted octanol–water partition coefficient (Wildman–Crippen LogP) is 6.41. The van der Waals surface area contributed by atoms with Gasteiger partial charge in [-0.2, -0.15) is 0 Å². The topological polar surface area (TPSA) is 30.2 Å². The van der Waals surface area contributed by atoms with Crippen molar-refractivity contribution in [3.8, 4) is 0 Å². The van der Waals surface area contributed by atoms with Crippen molar-refractivity contribution in [3.05, 3.63) is 34.3 Å². The summed E-state index contributed by atoms with van der Waals surface area (Å²) in [4.78, 5) is 12.3. The van der Waals surface area contributed by atoms with E-state index >= 15 is 0 Å². The fraction of sp³-hybridized carbons (Fsp3) is 0.632. The third-order valence-electron chi connectivity index (χ3n) is 4.48. The summed E-state index contributed by atoms with van der Waals surface area (Å²) in [6.45, 7) is 6.82. The molecule has 0 N–H and O–H groups in total. The van der Waals surface area contributed by atoms with E-state index in [-0.39, 0.29) is 5.78 Å². The van der Waals surface area contributed by atoms with Crippen LogP contribution in [-0.4, -0.2) is 24.2 Å². The van der Waals surface area contributed by atoms with Crippen LogP contribution in [0.3, 0.4) is 0 Å². The van der Waals surface area contributed by atoms with Crippen LogP contribution in [0.5, 0.6) is 0 Å². The molecule has 1 aromatic rings. The molecule has 0 amide bonds. The van der Waals surface area contributed by atoms with Gasteiger partial charge in [0.25, 0.3) is 0 Å². The molecule has 1 aromatic heterocycles. The normalized spacial score (nSPS) is 12.1. The second-order valence-corrected chi connectivity index (χ2v) is 19.4. The summed E-state index contributed by atoms with van der Waals surface area (Å²) in [7, 11) is 0. The Morgan fingerprint density at radius 3 is 2.00 bits per heavy atom. The van der Waals surface area contributed by atoms with E-state index < -0.39 is 18.4 Å². The summed E-state index contributed by atoms with van der Waals surface area (Å²) in [6, 6.07) is 1.76. The number of ketones is 1. The molecule has 0 aliphatic carbocycles. The quantitative estimate of drug-likeness (QED) is 0.226. The Labute approximate surface area is 140 Å². The average molecular weight is 411 g/mol. The van der Waals surface area contributed by atoms with E-state index in [0.29, 0.717) is 5.56 Å². The molecule has 1 rings (SSSR count). The molecule has 124 valence electrons. The van der Waals surface area contributed by atoms with Gasteiger partial charge in [-0.25, -0.2) is 0 Å². The molecule has 1 heterocycles. The molecule has 0 saturated heterocycles. The Bertz CT molecular complexity index is 413. The van der Waals surface area contributed by atoms with Gasteiger partial charge in [-0.3, -0.25) is 0 Å². The first-order valence-corrected chi connectivity index (χ1v) is 16.6. The summed E-state index contributed by atoms with van der Waals surface area (Å²) in [5.74, 6) is 0.110. The van der Waals surface area contributed by atoms with Crippen molar-refractivity contribution in [2.75, 3.05) is 0 Å². The fourth-order valence-electron chi connectivity index (χ4n) is 2.96. The van der Waals surface area contributed by atoms with Gasteiger partial charge in [0.2, 0.25) is 0 Å². The Balaban J connectivity index is 2.86. The van der Waals surface area contributed by atoms with Crippen molar-refractivity contribution in [1.82, 2.24) is 0 Å². The molecule has 0 saturated carbocycles. The van der Waals surface area contributed by atoms with Crippen molar-refractivity contribution < 1.29 is 9.21 Å². The first kappa shape index (κ1) is 19.5. The van der Waals surface area contributed by atoms with Crippen molar-refractivity contribution in [1.29, 1.82) is 0 Å². The summed E-state index contributed by atoms with van der Waals surface area (Å²) in [6.07, 6.45) is 12.8. The second-order valence-electron chi connectivity index (χ2n) is 6.38. The molecule has 0 spiro atoms. The van der Waals surface area contributed by atoms with E-state index in [1.807, 2.05) is 6.08 Å². The molecule has 22 heavy (non-hydrogen) atoms. The molecule has 0 aliphatic rings. The number of allylic oxidation sites excluding steroid dienone is 1. The van der Waals surface area contributed by atoms with Gasteiger partial charge in [-0.05, 0) is 0 Å². The molecule has 0 fully saturated rings. The van der Waals surface area contributed by atoms with Crippen LogP contribution in [0.15, 0.2) is 33.2 Å². The van der Waals surface area contributed by atoms with Gasteiger partial charge in [0.15, 0.2) is 0 Å². The number of hydrogen-bond donors (Lipinski definition) is 0. The maximum atomic E-state index is 12.3. The molecular formula is C19H32O2Sn. The van der Waals surface area contributed by atoms with E-state index in [2.05, 4.69) is 24.9 Å². The van der Waals surface area contributed by atoms with Crippen LogP contribution in [0.1, 0.15) is 69.7 Å². The van der Waals surface area contributed by atoms with Gasteiger partial charge in [0.05, 0.1) is 0 Å². The zero-order chi connectivity index (χ0) is 16.3. The minimum absolute atomic E-state index is 0.110. The predicted molar refractivity (Wildman–Crippen MR) is 97.1 cm³/mol. The Kier molecular flexibility index (Phi) is 9.85. The van der Waals surface area contributed by atoms with Gasteiger partial charge >= 0.3 is 140 Å². The summed E-state index contributed by atoms with van der Waals surface area (Å²) >= 11 is -2.32. The molecular weight excluding hydrogens is 379 g/mol.